The number of nitrogens with one attached hydrogen (secondary N) is 4. The van der Waals surface area contributed by atoms with Crippen LogP contribution in [0.1, 0.15) is 18.1 Å². The number of nitrogens with zero attached hydrogens (tertiary/aromatic N) is 7. The summed E-state index contributed by atoms with van der Waals surface area (Å²) < 4.78 is 42.7. The Morgan fingerprint density at radius 2 is 1.70 bits per heavy atom. The summed E-state index contributed by atoms with van der Waals surface area (Å²) >= 11 is 0. The molecule has 15 heteroatoms. The highest BCUT2D eigenvalue weighted by atomic mass is 19.4. The van der Waals surface area contributed by atoms with E-state index in [0.29, 0.717) is 47.7 Å². The minimum absolute atomic E-state index is 0.0459. The fourth-order valence-electron chi connectivity index (χ4n) is 4.69. The maximum Gasteiger partial charge on any atom is 0.416 e. The van der Waals surface area contributed by atoms with Gasteiger partial charge in [0.2, 0.25) is 5.95 Å². The molecule has 0 unspecified atom stereocenters. The van der Waals surface area contributed by atoms with Crippen LogP contribution in [0.15, 0.2) is 55.1 Å². The Morgan fingerprint density at radius 1 is 0.930 bits per heavy atom. The lowest BCUT2D eigenvalue weighted by atomic mass is 10.1. The molecule has 2 aromatic carbocycles. The van der Waals surface area contributed by atoms with Gasteiger partial charge < -0.3 is 31.1 Å². The monoisotopic (exact) mass is 595 g/mol. The molecule has 1 fully saturated rings. The fourth-order valence-corrected chi connectivity index (χ4v) is 4.69. The third-order valence-electron chi connectivity index (χ3n) is 7.10. The number of likely N-dealkylation sites (N-methyl/N-ethyl adjacent to an activating group) is 1. The lowest BCUT2D eigenvalue weighted by Gasteiger charge is -2.36. The highest BCUT2D eigenvalue weighted by Gasteiger charge is 2.32. The zero-order chi connectivity index (χ0) is 30.6. The average Bonchev–Trinajstić information content (AvgIpc) is 3.46. The van der Waals surface area contributed by atoms with Crippen molar-refractivity contribution in [3.63, 3.8) is 0 Å². The number of halogens is 3. The van der Waals surface area contributed by atoms with Crippen molar-refractivity contribution in [1.29, 1.82) is 0 Å². The highest BCUT2D eigenvalue weighted by molar-refractivity contribution is 6.00. The third-order valence-corrected chi connectivity index (χ3v) is 7.10. The number of urea groups is 1. The van der Waals surface area contributed by atoms with Gasteiger partial charge in [-0.25, -0.2) is 14.8 Å². The zero-order valence-corrected chi connectivity index (χ0v) is 23.9. The molecule has 0 saturated carbocycles. The normalized spacial score (nSPS) is 14.0. The van der Waals surface area contributed by atoms with Gasteiger partial charge in [0.15, 0.2) is 5.82 Å². The smallest absolute Gasteiger partial charge is 0.373 e. The number of aryl methyl sites for hydroxylation is 1. The quantitative estimate of drug-likeness (QED) is 0.224. The van der Waals surface area contributed by atoms with Crippen molar-refractivity contribution in [1.82, 2.24) is 29.6 Å². The number of anilines is 6. The summed E-state index contributed by atoms with van der Waals surface area (Å²) in [5, 5.41) is 15.7. The van der Waals surface area contributed by atoms with E-state index in [-0.39, 0.29) is 5.69 Å². The molecule has 5 rings (SSSR count). The summed E-state index contributed by atoms with van der Waals surface area (Å²) in [6.07, 6.45) is -1.78. The molecule has 0 bridgehead atoms. The Bertz CT molecular complexity index is 1580. The molecule has 226 valence electrons. The van der Waals surface area contributed by atoms with Gasteiger partial charge in [0, 0.05) is 62.0 Å². The summed E-state index contributed by atoms with van der Waals surface area (Å²) in [6.45, 7) is 7.53. The summed E-state index contributed by atoms with van der Waals surface area (Å²) in [6, 6.07) is 9.84. The van der Waals surface area contributed by atoms with Crippen LogP contribution in [0, 0.1) is 6.92 Å². The molecule has 2 amide bonds. The number of amides is 2. The number of carbonyl (C=O) groups excluding carboxylic acids is 1. The molecule has 1 aliphatic rings. The lowest BCUT2D eigenvalue weighted by molar-refractivity contribution is -0.137. The molecule has 4 N–H and O–H groups in total. The second kappa shape index (κ2) is 12.5. The van der Waals surface area contributed by atoms with Crippen molar-refractivity contribution < 1.29 is 18.0 Å². The van der Waals surface area contributed by atoms with Crippen LogP contribution >= 0.6 is 0 Å². The Hall–Kier alpha value is -4.92. The second-order valence-electron chi connectivity index (χ2n) is 9.93. The van der Waals surface area contributed by atoms with Gasteiger partial charge in [0.25, 0.3) is 0 Å². The largest absolute Gasteiger partial charge is 0.416 e. The van der Waals surface area contributed by atoms with Crippen molar-refractivity contribution in [2.75, 3.05) is 65.9 Å². The molecule has 0 radical (unpaired) electrons. The van der Waals surface area contributed by atoms with Gasteiger partial charge in [-0.3, -0.25) is 0 Å². The number of hydrogen-bond donors (Lipinski definition) is 4. The minimum atomic E-state index is -4.56. The Kier molecular flexibility index (Phi) is 8.61. The van der Waals surface area contributed by atoms with Crippen LogP contribution in [0.2, 0.25) is 0 Å². The summed E-state index contributed by atoms with van der Waals surface area (Å²) in [4.78, 5) is 29.7. The van der Waals surface area contributed by atoms with Crippen LogP contribution < -0.4 is 26.2 Å². The van der Waals surface area contributed by atoms with Crippen LogP contribution in [-0.2, 0) is 6.18 Å². The molecule has 0 atom stereocenters. The topological polar surface area (TPSA) is 128 Å². The Labute approximate surface area is 246 Å². The van der Waals surface area contributed by atoms with E-state index in [2.05, 4.69) is 53.1 Å². The van der Waals surface area contributed by atoms with Crippen LogP contribution in [-0.4, -0.2) is 75.4 Å². The molecule has 2 aromatic heterocycles. The molecular weight excluding hydrogens is 563 g/mol. The van der Waals surface area contributed by atoms with Crippen LogP contribution in [0.4, 0.5) is 52.5 Å². The van der Waals surface area contributed by atoms with Crippen LogP contribution in [0.25, 0.3) is 5.82 Å². The molecule has 4 aromatic rings. The highest BCUT2D eigenvalue weighted by Crippen LogP contribution is 2.35. The van der Waals surface area contributed by atoms with Gasteiger partial charge in [-0.1, -0.05) is 13.0 Å². The summed E-state index contributed by atoms with van der Waals surface area (Å²) in [5.74, 6) is 1.46. The number of benzene rings is 2. The Balaban J connectivity index is 1.31. The van der Waals surface area contributed by atoms with Crippen molar-refractivity contribution in [3.8, 4) is 5.82 Å². The lowest BCUT2D eigenvalue weighted by Crippen LogP contribution is -2.46. The second-order valence-corrected chi connectivity index (χ2v) is 9.93. The van der Waals surface area contributed by atoms with Gasteiger partial charge in [0.1, 0.15) is 18.5 Å². The van der Waals surface area contributed by atoms with Gasteiger partial charge in [-0.15, -0.1) is 0 Å². The number of aromatic nitrogens is 5. The van der Waals surface area contributed by atoms with E-state index in [1.165, 1.54) is 17.3 Å². The standard InChI is InChI=1S/C28H32F3N11O/c1-4-40-7-9-41(10-8-40)22-12-19(28(29,30)31)11-21(13-22)38-27(43)37-20-6-5-18(2)23(14-20)39-26-35-17-36-42(26)25-15-24(32-3)33-16-34-25/h5-6,11-17H,4,7-10H2,1-3H3,(H,32,33,34)(H,35,36,39)(H2,37,38,43). The van der Waals surface area contributed by atoms with E-state index in [1.807, 2.05) is 11.8 Å². The molecule has 0 aliphatic carbocycles. The van der Waals surface area contributed by atoms with Gasteiger partial charge in [-0.05, 0) is 49.4 Å². The van der Waals surface area contributed by atoms with E-state index in [9.17, 15) is 18.0 Å². The number of hydrogen-bond acceptors (Lipinski definition) is 9. The maximum atomic E-state index is 13.7. The Morgan fingerprint density at radius 3 is 2.42 bits per heavy atom. The first kappa shape index (κ1) is 29.6. The summed E-state index contributed by atoms with van der Waals surface area (Å²) in [7, 11) is 1.74. The zero-order valence-electron chi connectivity index (χ0n) is 23.9. The minimum Gasteiger partial charge on any atom is -0.373 e. The van der Waals surface area contributed by atoms with E-state index in [1.54, 1.807) is 37.4 Å². The number of alkyl halides is 3. The molecule has 1 saturated heterocycles. The van der Waals surface area contributed by atoms with Crippen molar-refractivity contribution >= 4 is 40.5 Å². The third kappa shape index (κ3) is 7.12. The van der Waals surface area contributed by atoms with E-state index in [4.69, 9.17) is 0 Å². The molecule has 43 heavy (non-hydrogen) atoms. The van der Waals surface area contributed by atoms with Crippen LogP contribution in [0.3, 0.4) is 0 Å². The SMILES string of the molecule is CCN1CCN(c2cc(NC(=O)Nc3ccc(C)c(Nc4ncnn4-c4cc(NC)ncn4)c3)cc(C(F)(F)F)c2)CC1. The van der Waals surface area contributed by atoms with Crippen molar-refractivity contribution in [2.45, 2.75) is 20.0 Å². The maximum absolute atomic E-state index is 13.7. The fraction of sp³-hybridized carbons (Fsp3) is 0.321. The average molecular weight is 596 g/mol. The molecule has 0 spiro atoms. The molecule has 1 aliphatic heterocycles. The van der Waals surface area contributed by atoms with Crippen LogP contribution in [0.5, 0.6) is 0 Å². The van der Waals surface area contributed by atoms with Gasteiger partial charge in [-0.2, -0.15) is 27.9 Å². The first-order valence-electron chi connectivity index (χ1n) is 13.7. The van der Waals surface area contributed by atoms with E-state index >= 15 is 0 Å². The molecule has 12 nitrogen and oxygen atoms in total. The summed E-state index contributed by atoms with van der Waals surface area (Å²) in [5.41, 5.74) is 1.53. The van der Waals surface area contributed by atoms with Gasteiger partial charge in [0.05, 0.1) is 5.56 Å². The molecule has 3 heterocycles. The van der Waals surface area contributed by atoms with Crippen molar-refractivity contribution in [3.05, 3.63) is 66.2 Å². The van der Waals surface area contributed by atoms with E-state index in [0.717, 1.165) is 37.3 Å². The van der Waals surface area contributed by atoms with Crippen molar-refractivity contribution in [2.24, 2.45) is 0 Å². The first-order valence-corrected chi connectivity index (χ1v) is 13.7. The predicted octanol–water partition coefficient (Wildman–Crippen LogP) is 4.96. The number of carbonyl (C=O) groups is 1. The predicted molar refractivity (Wildman–Crippen MR) is 159 cm³/mol. The first-order chi connectivity index (χ1) is 20.6. The molecular formula is C28H32F3N11O. The number of piperazine rings is 1. The van der Waals surface area contributed by atoms with E-state index < -0.39 is 17.8 Å². The van der Waals surface area contributed by atoms with Gasteiger partial charge >= 0.3 is 12.2 Å². The number of rotatable bonds is 8.